The molecule has 4 aromatic rings. The first-order valence-corrected chi connectivity index (χ1v) is 13.8. The van der Waals surface area contributed by atoms with Crippen molar-refractivity contribution in [1.82, 2.24) is 24.0 Å². The van der Waals surface area contributed by atoms with Crippen molar-refractivity contribution < 1.29 is 9.00 Å². The van der Waals surface area contributed by atoms with Crippen molar-refractivity contribution in [2.75, 3.05) is 18.5 Å². The average Bonchev–Trinajstić information content (AvgIpc) is 3.16. The number of rotatable bonds is 8. The van der Waals surface area contributed by atoms with Gasteiger partial charge in [0, 0.05) is 18.8 Å². The lowest BCUT2D eigenvalue weighted by atomic mass is 10.1. The Morgan fingerprint density at radius 3 is 2.27 bits per heavy atom. The molecule has 194 valence electrons. The monoisotopic (exact) mass is 521 g/mol. The van der Waals surface area contributed by atoms with Gasteiger partial charge in [0.2, 0.25) is 5.16 Å². The summed E-state index contributed by atoms with van der Waals surface area (Å²) in [4.78, 5) is 37.4. The smallest absolute Gasteiger partial charge is 0.339 e. The molecule has 0 radical (unpaired) electrons. The van der Waals surface area contributed by atoms with Gasteiger partial charge in [-0.2, -0.15) is 4.98 Å². The van der Waals surface area contributed by atoms with Crippen LogP contribution < -0.4 is 11.4 Å². The van der Waals surface area contributed by atoms with Gasteiger partial charge >= 0.3 is 11.7 Å². The van der Waals surface area contributed by atoms with Crippen LogP contribution in [-0.4, -0.2) is 53.1 Å². The van der Waals surface area contributed by atoms with E-state index in [4.69, 9.17) is 10.5 Å². The largest absolute Gasteiger partial charge is 0.382 e. The van der Waals surface area contributed by atoms with Crippen LogP contribution in [0.3, 0.4) is 0 Å². The molecule has 0 saturated heterocycles. The first-order chi connectivity index (χ1) is 17.6. The Morgan fingerprint density at radius 1 is 1.08 bits per heavy atom. The molecule has 0 spiro atoms. The summed E-state index contributed by atoms with van der Waals surface area (Å²) < 4.78 is 23.5. The highest BCUT2D eigenvalue weighted by Gasteiger charge is 2.28. The SMILES string of the molecule is CCCS(=N)(=O)c1nc(N)c2c(n1)n(Cc1ccccc1)c(=O)n2C(=O)N(C)[C@@H](C)Cc1ccccc1. The fourth-order valence-corrected chi connectivity index (χ4v) is 5.44. The number of anilines is 1. The number of nitrogens with zero attached hydrogens (tertiary/aromatic N) is 5. The highest BCUT2D eigenvalue weighted by Crippen LogP contribution is 2.22. The molecule has 2 aromatic heterocycles. The van der Waals surface area contributed by atoms with Gasteiger partial charge < -0.3 is 10.6 Å². The maximum absolute atomic E-state index is 13.7. The summed E-state index contributed by atoms with van der Waals surface area (Å²) in [6, 6.07) is 18.2. The number of imidazole rings is 1. The molecular formula is C26H31N7O3S. The second kappa shape index (κ2) is 10.6. The summed E-state index contributed by atoms with van der Waals surface area (Å²) in [5.74, 6) is -0.113. The second-order valence-corrected chi connectivity index (χ2v) is 11.2. The molecule has 1 unspecified atom stereocenters. The van der Waals surface area contributed by atoms with Crippen molar-refractivity contribution in [3.05, 3.63) is 82.3 Å². The topological polar surface area (TPSA) is 140 Å². The number of carbonyl (C=O) groups is 1. The Bertz CT molecular complexity index is 1580. The lowest BCUT2D eigenvalue weighted by Crippen LogP contribution is -2.43. The molecule has 0 saturated carbocycles. The lowest BCUT2D eigenvalue weighted by molar-refractivity contribution is 0.195. The van der Waals surface area contributed by atoms with Crippen LogP contribution in [0.2, 0.25) is 0 Å². The fourth-order valence-electron chi connectivity index (χ4n) is 4.20. The predicted octanol–water partition coefficient (Wildman–Crippen LogP) is 3.57. The van der Waals surface area contributed by atoms with Gasteiger partial charge in [-0.3, -0.25) is 4.57 Å². The van der Waals surface area contributed by atoms with E-state index in [0.717, 1.165) is 15.7 Å². The number of likely N-dealkylation sites (N-methyl/N-ethyl adjacent to an activating group) is 1. The Hall–Kier alpha value is -3.99. The number of nitrogens with one attached hydrogen (secondary N) is 1. The zero-order valence-electron chi connectivity index (χ0n) is 21.1. The number of carbonyl (C=O) groups excluding carboxylic acids is 1. The minimum Gasteiger partial charge on any atom is -0.382 e. The minimum absolute atomic E-state index is 0.0418. The van der Waals surface area contributed by atoms with Crippen molar-refractivity contribution in [1.29, 1.82) is 4.78 Å². The Kier molecular flexibility index (Phi) is 7.44. The van der Waals surface area contributed by atoms with Gasteiger partial charge in [-0.05, 0) is 30.9 Å². The molecule has 10 nitrogen and oxygen atoms in total. The molecule has 0 aliphatic heterocycles. The molecule has 2 atom stereocenters. The molecular weight excluding hydrogens is 490 g/mol. The quantitative estimate of drug-likeness (QED) is 0.340. The van der Waals surface area contributed by atoms with Gasteiger partial charge in [-0.1, -0.05) is 67.6 Å². The molecule has 37 heavy (non-hydrogen) atoms. The first-order valence-electron chi connectivity index (χ1n) is 12.0. The van der Waals surface area contributed by atoms with Gasteiger partial charge in [0.05, 0.1) is 6.54 Å². The second-order valence-electron chi connectivity index (χ2n) is 9.06. The van der Waals surface area contributed by atoms with E-state index >= 15 is 0 Å². The predicted molar refractivity (Wildman–Crippen MR) is 144 cm³/mol. The number of hydrogen-bond donors (Lipinski definition) is 2. The van der Waals surface area contributed by atoms with E-state index in [1.807, 2.05) is 74.5 Å². The number of nitrogen functional groups attached to an aromatic ring is 1. The number of hydrogen-bond acceptors (Lipinski definition) is 7. The van der Waals surface area contributed by atoms with Crippen molar-refractivity contribution >= 4 is 32.7 Å². The van der Waals surface area contributed by atoms with Crippen LogP contribution in [0, 0.1) is 4.78 Å². The third-order valence-corrected chi connectivity index (χ3v) is 8.03. The van der Waals surface area contributed by atoms with Crippen LogP contribution in [0.4, 0.5) is 10.6 Å². The molecule has 4 rings (SSSR count). The van der Waals surface area contributed by atoms with Crippen molar-refractivity contribution in [2.24, 2.45) is 0 Å². The van der Waals surface area contributed by atoms with Gasteiger partial charge in [0.15, 0.2) is 11.5 Å². The van der Waals surface area contributed by atoms with Crippen LogP contribution in [0.1, 0.15) is 31.4 Å². The number of benzene rings is 2. The first kappa shape index (κ1) is 26.1. The Morgan fingerprint density at radius 2 is 1.68 bits per heavy atom. The summed E-state index contributed by atoms with van der Waals surface area (Å²) in [6.45, 7) is 3.82. The van der Waals surface area contributed by atoms with Gasteiger partial charge in [0.1, 0.15) is 15.2 Å². The molecule has 0 bridgehead atoms. The Labute approximate surface area is 215 Å². The summed E-state index contributed by atoms with van der Waals surface area (Å²) >= 11 is 0. The Balaban J connectivity index is 1.85. The highest BCUT2D eigenvalue weighted by molar-refractivity contribution is 7.92. The average molecular weight is 522 g/mol. The minimum atomic E-state index is -3.32. The maximum atomic E-state index is 13.7. The van der Waals surface area contributed by atoms with Crippen molar-refractivity contribution in [3.8, 4) is 0 Å². The van der Waals surface area contributed by atoms with Gasteiger partial charge in [-0.25, -0.2) is 28.1 Å². The summed E-state index contributed by atoms with van der Waals surface area (Å²) in [5, 5.41) is -0.239. The van der Waals surface area contributed by atoms with E-state index in [2.05, 4.69) is 9.97 Å². The van der Waals surface area contributed by atoms with Crippen LogP contribution in [0.5, 0.6) is 0 Å². The molecule has 3 N–H and O–H groups in total. The molecule has 1 amide bonds. The molecule has 11 heteroatoms. The summed E-state index contributed by atoms with van der Waals surface area (Å²) in [5.41, 5.74) is 7.61. The zero-order chi connectivity index (χ0) is 26.7. The van der Waals surface area contributed by atoms with Crippen LogP contribution in [0.25, 0.3) is 11.2 Å². The number of fused-ring (bicyclic) bond motifs is 1. The van der Waals surface area contributed by atoms with Crippen LogP contribution >= 0.6 is 0 Å². The van der Waals surface area contributed by atoms with E-state index in [1.165, 1.54) is 9.47 Å². The fraction of sp³-hybridized carbons (Fsp3) is 0.308. The third kappa shape index (κ3) is 5.26. The van der Waals surface area contributed by atoms with Crippen molar-refractivity contribution in [2.45, 2.75) is 44.4 Å². The zero-order valence-corrected chi connectivity index (χ0v) is 21.9. The number of aromatic nitrogens is 4. The highest BCUT2D eigenvalue weighted by atomic mass is 32.2. The molecule has 0 aliphatic carbocycles. The van der Waals surface area contributed by atoms with E-state index in [0.29, 0.717) is 12.8 Å². The van der Waals surface area contributed by atoms with Crippen LogP contribution in [0.15, 0.2) is 70.6 Å². The molecule has 0 aliphatic rings. The normalized spacial score (nSPS) is 13.8. The number of nitrogens with two attached hydrogens (primary N) is 1. The number of amides is 1. The molecule has 2 aromatic carbocycles. The van der Waals surface area contributed by atoms with E-state index in [9.17, 15) is 13.8 Å². The summed E-state index contributed by atoms with van der Waals surface area (Å²) in [6.07, 6.45) is 1.08. The standard InChI is InChI=1S/C26H31N7O3S/c1-4-15-37(28,36)24-29-22(27)21-23(30-24)32(17-20-13-9-6-10-14-20)26(35)33(21)25(34)31(3)18(2)16-19-11-7-5-8-12-19/h5-14,18,28H,4,15-17H2,1-3H3,(H2,27,29,30)/t18-,37?/m0/s1. The van der Waals surface area contributed by atoms with Gasteiger partial charge in [0.25, 0.3) is 0 Å². The van der Waals surface area contributed by atoms with E-state index in [-0.39, 0.29) is 40.5 Å². The van der Waals surface area contributed by atoms with Gasteiger partial charge in [-0.15, -0.1) is 0 Å². The third-order valence-electron chi connectivity index (χ3n) is 6.27. The van der Waals surface area contributed by atoms with Crippen LogP contribution in [-0.2, 0) is 22.7 Å². The lowest BCUT2D eigenvalue weighted by Gasteiger charge is -2.25. The molecule has 0 fully saturated rings. The van der Waals surface area contributed by atoms with E-state index < -0.39 is 21.4 Å². The van der Waals surface area contributed by atoms with Crippen molar-refractivity contribution in [3.63, 3.8) is 0 Å². The maximum Gasteiger partial charge on any atom is 0.339 e. The molecule has 2 heterocycles. The van der Waals surface area contributed by atoms with E-state index in [1.54, 1.807) is 7.05 Å². The summed E-state index contributed by atoms with van der Waals surface area (Å²) in [7, 11) is -1.69.